The Hall–Kier alpha value is -2.50. The Kier molecular flexibility index (Phi) is 6.04. The van der Waals surface area contributed by atoms with E-state index in [1.165, 1.54) is 5.56 Å². The average Bonchev–Trinajstić information content (AvgIpc) is 3.13. The van der Waals surface area contributed by atoms with Gasteiger partial charge in [-0.15, -0.1) is 12.4 Å². The van der Waals surface area contributed by atoms with Crippen LogP contribution in [0.1, 0.15) is 16.1 Å². The van der Waals surface area contributed by atoms with Gasteiger partial charge in [-0.1, -0.05) is 42.5 Å². The van der Waals surface area contributed by atoms with Gasteiger partial charge in [-0.25, -0.2) is 0 Å². The van der Waals surface area contributed by atoms with E-state index in [-0.39, 0.29) is 18.3 Å². The number of rotatable bonds is 4. The van der Waals surface area contributed by atoms with E-state index in [2.05, 4.69) is 29.2 Å². The van der Waals surface area contributed by atoms with E-state index >= 15 is 0 Å². The molecule has 142 valence electrons. The number of ether oxygens (including phenoxy) is 1. The maximum absolute atomic E-state index is 12.8. The van der Waals surface area contributed by atoms with Crippen LogP contribution in [0.5, 0.6) is 5.75 Å². The first-order valence-electron chi connectivity index (χ1n) is 8.87. The van der Waals surface area contributed by atoms with E-state index in [4.69, 9.17) is 9.15 Å². The number of carbonyl (C=O) groups is 1. The third-order valence-corrected chi connectivity index (χ3v) is 4.85. The molecular formula is C21H23ClN2O3. The van der Waals surface area contributed by atoms with E-state index in [9.17, 15) is 4.79 Å². The number of fused-ring (bicyclic) bond motifs is 1. The van der Waals surface area contributed by atoms with Crippen LogP contribution in [0.4, 0.5) is 0 Å². The molecule has 2 heterocycles. The molecule has 0 unspecified atom stereocenters. The van der Waals surface area contributed by atoms with Crippen molar-refractivity contribution in [3.05, 3.63) is 65.9 Å². The number of furan rings is 1. The molecule has 1 aromatic heterocycles. The maximum Gasteiger partial charge on any atom is 0.289 e. The van der Waals surface area contributed by atoms with E-state index in [0.29, 0.717) is 30.2 Å². The van der Waals surface area contributed by atoms with Gasteiger partial charge in [-0.05, 0) is 17.7 Å². The van der Waals surface area contributed by atoms with E-state index in [1.54, 1.807) is 13.2 Å². The van der Waals surface area contributed by atoms with Crippen LogP contribution in [0.15, 0.2) is 59.0 Å². The molecule has 0 aliphatic carbocycles. The predicted molar refractivity (Wildman–Crippen MR) is 108 cm³/mol. The van der Waals surface area contributed by atoms with Gasteiger partial charge in [0.05, 0.1) is 7.11 Å². The summed E-state index contributed by atoms with van der Waals surface area (Å²) in [5.74, 6) is 0.970. The second-order valence-electron chi connectivity index (χ2n) is 6.54. The number of hydrogen-bond acceptors (Lipinski definition) is 4. The van der Waals surface area contributed by atoms with Crippen molar-refractivity contribution >= 4 is 29.3 Å². The van der Waals surface area contributed by atoms with Crippen molar-refractivity contribution in [2.45, 2.75) is 6.54 Å². The van der Waals surface area contributed by atoms with Crippen LogP contribution in [0.2, 0.25) is 0 Å². The highest BCUT2D eigenvalue weighted by Gasteiger charge is 2.25. The van der Waals surface area contributed by atoms with E-state index < -0.39 is 0 Å². The molecule has 0 bridgehead atoms. The molecule has 6 heteroatoms. The molecule has 1 amide bonds. The minimum absolute atomic E-state index is 0. The lowest BCUT2D eigenvalue weighted by Crippen LogP contribution is -2.48. The Morgan fingerprint density at radius 3 is 2.48 bits per heavy atom. The zero-order valence-corrected chi connectivity index (χ0v) is 16.1. The second-order valence-corrected chi connectivity index (χ2v) is 6.54. The lowest BCUT2D eigenvalue weighted by atomic mass is 10.2. The summed E-state index contributed by atoms with van der Waals surface area (Å²) < 4.78 is 11.1. The van der Waals surface area contributed by atoms with Crippen molar-refractivity contribution < 1.29 is 13.9 Å². The Balaban J connectivity index is 0.00000210. The first-order valence-corrected chi connectivity index (χ1v) is 8.87. The van der Waals surface area contributed by atoms with E-state index in [0.717, 1.165) is 25.0 Å². The smallest absolute Gasteiger partial charge is 0.289 e. The third kappa shape index (κ3) is 4.10. The molecule has 1 aliphatic rings. The average molecular weight is 387 g/mol. The molecule has 0 radical (unpaired) electrons. The number of amides is 1. The van der Waals surface area contributed by atoms with Crippen LogP contribution in [0, 0.1) is 0 Å². The molecule has 0 N–H and O–H groups in total. The van der Waals surface area contributed by atoms with Crippen molar-refractivity contribution in [3.8, 4) is 5.75 Å². The number of halogens is 1. The number of para-hydroxylation sites is 1. The summed E-state index contributed by atoms with van der Waals surface area (Å²) >= 11 is 0. The quantitative estimate of drug-likeness (QED) is 0.683. The highest BCUT2D eigenvalue weighted by atomic mass is 35.5. The molecule has 0 spiro atoms. The molecule has 0 atom stereocenters. The lowest BCUT2D eigenvalue weighted by molar-refractivity contribution is 0.0600. The van der Waals surface area contributed by atoms with Gasteiger partial charge in [0, 0.05) is 38.1 Å². The topological polar surface area (TPSA) is 45.9 Å². The zero-order valence-electron chi connectivity index (χ0n) is 15.3. The van der Waals surface area contributed by atoms with Gasteiger partial charge in [0.25, 0.3) is 5.91 Å². The van der Waals surface area contributed by atoms with Crippen molar-refractivity contribution in [1.82, 2.24) is 9.80 Å². The van der Waals surface area contributed by atoms with Crippen molar-refractivity contribution in [3.63, 3.8) is 0 Å². The van der Waals surface area contributed by atoms with Gasteiger partial charge >= 0.3 is 0 Å². The van der Waals surface area contributed by atoms with Gasteiger partial charge < -0.3 is 14.1 Å². The van der Waals surface area contributed by atoms with Gasteiger partial charge in [0.15, 0.2) is 17.1 Å². The fourth-order valence-electron chi connectivity index (χ4n) is 3.41. The summed E-state index contributed by atoms with van der Waals surface area (Å²) in [6, 6.07) is 17.9. The Labute approximate surface area is 164 Å². The molecule has 2 aromatic carbocycles. The van der Waals surface area contributed by atoms with Gasteiger partial charge in [0.1, 0.15) is 0 Å². The third-order valence-electron chi connectivity index (χ3n) is 4.85. The molecular weight excluding hydrogens is 364 g/mol. The maximum atomic E-state index is 12.8. The molecule has 1 saturated heterocycles. The first kappa shape index (κ1) is 19.3. The zero-order chi connectivity index (χ0) is 17.9. The minimum Gasteiger partial charge on any atom is -0.493 e. The summed E-state index contributed by atoms with van der Waals surface area (Å²) in [5, 5.41) is 0.885. The number of carbonyl (C=O) groups excluding carboxylic acids is 1. The minimum atomic E-state index is -0.0531. The standard InChI is InChI=1S/C21H22N2O3.ClH/c1-25-18-9-5-8-17-14-19(26-20(17)18)21(24)23-12-10-22(11-13-23)15-16-6-3-2-4-7-16;/h2-9,14H,10-13,15H2,1H3;1H. The lowest BCUT2D eigenvalue weighted by Gasteiger charge is -2.34. The Morgan fingerprint density at radius 1 is 1.04 bits per heavy atom. The van der Waals surface area contributed by atoms with Crippen molar-refractivity contribution in [2.75, 3.05) is 33.3 Å². The summed E-state index contributed by atoms with van der Waals surface area (Å²) in [5.41, 5.74) is 1.93. The molecule has 1 aliphatic heterocycles. The van der Waals surface area contributed by atoms with Crippen LogP contribution < -0.4 is 4.74 Å². The Morgan fingerprint density at radius 2 is 1.78 bits per heavy atom. The molecule has 5 nitrogen and oxygen atoms in total. The summed E-state index contributed by atoms with van der Waals surface area (Å²) in [6.45, 7) is 4.07. The molecule has 4 rings (SSSR count). The highest BCUT2D eigenvalue weighted by molar-refractivity contribution is 5.97. The summed E-state index contributed by atoms with van der Waals surface area (Å²) in [7, 11) is 1.60. The number of hydrogen-bond donors (Lipinski definition) is 0. The van der Waals surface area contributed by atoms with Crippen LogP contribution in [0.25, 0.3) is 11.0 Å². The van der Waals surface area contributed by atoms with Gasteiger partial charge in [-0.2, -0.15) is 0 Å². The fraction of sp³-hybridized carbons (Fsp3) is 0.286. The monoisotopic (exact) mass is 386 g/mol. The van der Waals surface area contributed by atoms with Crippen LogP contribution in [-0.4, -0.2) is 49.0 Å². The van der Waals surface area contributed by atoms with Crippen molar-refractivity contribution in [1.29, 1.82) is 0 Å². The van der Waals surface area contributed by atoms with Crippen LogP contribution in [0.3, 0.4) is 0 Å². The summed E-state index contributed by atoms with van der Waals surface area (Å²) in [6.07, 6.45) is 0. The molecule has 27 heavy (non-hydrogen) atoms. The number of methoxy groups -OCH3 is 1. The van der Waals surface area contributed by atoms with Crippen LogP contribution in [-0.2, 0) is 6.54 Å². The van der Waals surface area contributed by atoms with Gasteiger partial charge in [-0.3, -0.25) is 9.69 Å². The van der Waals surface area contributed by atoms with Crippen molar-refractivity contribution in [2.24, 2.45) is 0 Å². The van der Waals surface area contributed by atoms with E-state index in [1.807, 2.05) is 29.2 Å². The second kappa shape index (κ2) is 8.46. The highest BCUT2D eigenvalue weighted by Crippen LogP contribution is 2.29. The largest absolute Gasteiger partial charge is 0.493 e. The predicted octanol–water partition coefficient (Wildman–Crippen LogP) is 3.82. The number of nitrogens with zero attached hydrogens (tertiary/aromatic N) is 2. The molecule has 0 saturated carbocycles. The Bertz CT molecular complexity index is 902. The molecule has 1 fully saturated rings. The SMILES string of the molecule is COc1cccc2cc(C(=O)N3CCN(Cc4ccccc4)CC3)oc12.Cl. The first-order chi connectivity index (χ1) is 12.7. The van der Waals surface area contributed by atoms with Gasteiger partial charge in [0.2, 0.25) is 0 Å². The van der Waals surface area contributed by atoms with Crippen LogP contribution >= 0.6 is 12.4 Å². The number of piperazine rings is 1. The number of benzene rings is 2. The normalized spacial score (nSPS) is 14.8. The fourth-order valence-corrected chi connectivity index (χ4v) is 3.41. The summed E-state index contributed by atoms with van der Waals surface area (Å²) in [4.78, 5) is 17.0. The molecule has 3 aromatic rings.